The molecule has 0 aromatic carbocycles. The first kappa shape index (κ1) is 9.87. The van der Waals surface area contributed by atoms with Crippen molar-refractivity contribution < 1.29 is 18.3 Å². The highest BCUT2D eigenvalue weighted by molar-refractivity contribution is 7.85. The van der Waals surface area contributed by atoms with Gasteiger partial charge in [0, 0.05) is 0 Å². The van der Waals surface area contributed by atoms with E-state index >= 15 is 0 Å². The molecule has 0 unspecified atom stereocenters. The normalized spacial score (nSPS) is 11.8. The molecule has 0 aromatic rings. The fourth-order valence-corrected chi connectivity index (χ4v) is 1.05. The van der Waals surface area contributed by atoms with Crippen molar-refractivity contribution in [3.8, 4) is 0 Å². The minimum atomic E-state index is -3.74. The Morgan fingerprint density at radius 1 is 1.40 bits per heavy atom. The van der Waals surface area contributed by atoms with Crippen LogP contribution in [-0.2, 0) is 10.1 Å². The number of nitrogens with two attached hydrogens (primary N) is 1. The second kappa shape index (κ2) is 4.65. The first-order valence-corrected chi connectivity index (χ1v) is 4.94. The largest absolute Gasteiger partial charge is 0.345 e. The quantitative estimate of drug-likeness (QED) is 0.402. The summed E-state index contributed by atoms with van der Waals surface area (Å²) in [7, 11) is -3.74. The molecular formula is C5H14NO3S+. The highest BCUT2D eigenvalue weighted by Gasteiger charge is 2.03. The average molecular weight is 168 g/mol. The van der Waals surface area contributed by atoms with E-state index in [1.807, 2.05) is 12.2 Å². The van der Waals surface area contributed by atoms with Gasteiger partial charge in [-0.25, -0.2) is 0 Å². The van der Waals surface area contributed by atoms with E-state index in [2.05, 4.69) is 0 Å². The zero-order chi connectivity index (χ0) is 8.04. The minimum absolute atomic E-state index is 0.146. The summed E-state index contributed by atoms with van der Waals surface area (Å²) in [4.78, 5) is 0. The summed E-state index contributed by atoms with van der Waals surface area (Å²) in [6, 6.07) is 0. The van der Waals surface area contributed by atoms with Gasteiger partial charge in [0.15, 0.2) is 0 Å². The monoisotopic (exact) mass is 168 g/mol. The molecular weight excluding hydrogens is 154 g/mol. The van der Waals surface area contributed by atoms with Gasteiger partial charge in [-0.15, -0.1) is 0 Å². The van der Waals surface area contributed by atoms with Gasteiger partial charge in [-0.1, -0.05) is 6.92 Å². The van der Waals surface area contributed by atoms with Crippen molar-refractivity contribution in [2.45, 2.75) is 13.3 Å². The Morgan fingerprint density at radius 3 is 2.40 bits per heavy atom. The third-order valence-corrected chi connectivity index (χ3v) is 1.82. The summed E-state index contributed by atoms with van der Waals surface area (Å²) in [6.45, 7) is 3.38. The lowest BCUT2D eigenvalue weighted by atomic mass is 10.5. The van der Waals surface area contributed by atoms with Crippen LogP contribution in [0.15, 0.2) is 0 Å². The minimum Gasteiger partial charge on any atom is -0.345 e. The molecule has 0 fully saturated rings. The average Bonchev–Trinajstić information content (AvgIpc) is 1.78. The molecule has 0 spiro atoms. The number of hydrogen-bond donors (Lipinski definition) is 2. The Bertz CT molecular complexity index is 164. The Hall–Kier alpha value is -0.130. The van der Waals surface area contributed by atoms with Crippen LogP contribution in [0.1, 0.15) is 13.3 Å². The molecule has 0 amide bonds. The third kappa shape index (κ3) is 7.87. The molecule has 3 N–H and O–H groups in total. The lowest BCUT2D eigenvalue weighted by Gasteiger charge is -1.95. The van der Waals surface area contributed by atoms with E-state index in [9.17, 15) is 8.42 Å². The Kier molecular flexibility index (Phi) is 4.59. The smallest absolute Gasteiger partial charge is 0.270 e. The van der Waals surface area contributed by atoms with Crippen LogP contribution in [-0.4, -0.2) is 31.8 Å². The van der Waals surface area contributed by atoms with Crippen molar-refractivity contribution in [3.63, 3.8) is 0 Å². The molecule has 4 nitrogen and oxygen atoms in total. The third-order valence-electron chi connectivity index (χ3n) is 1.07. The van der Waals surface area contributed by atoms with Gasteiger partial charge in [-0.2, -0.15) is 8.42 Å². The predicted molar refractivity (Wildman–Crippen MR) is 38.4 cm³/mol. The van der Waals surface area contributed by atoms with Crippen LogP contribution in [0.4, 0.5) is 0 Å². The van der Waals surface area contributed by atoms with Crippen LogP contribution in [0.3, 0.4) is 0 Å². The summed E-state index contributed by atoms with van der Waals surface area (Å²) in [5.74, 6) is -0.146. The van der Waals surface area contributed by atoms with Gasteiger partial charge in [0.1, 0.15) is 5.75 Å². The zero-order valence-corrected chi connectivity index (χ0v) is 6.89. The fourth-order valence-electron chi connectivity index (χ4n) is 0.581. The molecule has 0 heterocycles. The van der Waals surface area contributed by atoms with Crippen molar-refractivity contribution >= 4 is 10.1 Å². The van der Waals surface area contributed by atoms with Gasteiger partial charge in [0.2, 0.25) is 0 Å². The van der Waals surface area contributed by atoms with Gasteiger partial charge in [-0.05, 0) is 6.42 Å². The molecule has 0 bridgehead atoms. The molecule has 0 radical (unpaired) electrons. The van der Waals surface area contributed by atoms with Gasteiger partial charge in [0.05, 0.1) is 13.1 Å². The van der Waals surface area contributed by atoms with E-state index in [4.69, 9.17) is 4.55 Å². The molecule has 0 rings (SSSR count). The number of quaternary nitrogens is 1. The molecule has 5 heteroatoms. The van der Waals surface area contributed by atoms with Crippen molar-refractivity contribution in [3.05, 3.63) is 0 Å². The first-order chi connectivity index (χ1) is 4.56. The summed E-state index contributed by atoms with van der Waals surface area (Å²) in [5.41, 5.74) is 0. The second-order valence-corrected chi connectivity index (χ2v) is 3.72. The summed E-state index contributed by atoms with van der Waals surface area (Å²) >= 11 is 0. The van der Waals surface area contributed by atoms with Crippen LogP contribution >= 0.6 is 0 Å². The Balaban J connectivity index is 3.21. The maximum Gasteiger partial charge on any atom is 0.270 e. The lowest BCUT2D eigenvalue weighted by molar-refractivity contribution is -0.650. The van der Waals surface area contributed by atoms with Gasteiger partial charge in [-0.3, -0.25) is 4.55 Å². The molecule has 0 atom stereocenters. The van der Waals surface area contributed by atoms with Crippen molar-refractivity contribution in [1.82, 2.24) is 0 Å². The van der Waals surface area contributed by atoms with E-state index in [1.165, 1.54) is 0 Å². The molecule has 0 aliphatic carbocycles. The molecule has 0 saturated heterocycles. The second-order valence-electron chi connectivity index (χ2n) is 2.15. The SMILES string of the molecule is CCC[NH2+]CCS(=O)(=O)O. The van der Waals surface area contributed by atoms with Crippen molar-refractivity contribution in [2.75, 3.05) is 18.8 Å². The van der Waals surface area contributed by atoms with Crippen LogP contribution in [0.2, 0.25) is 0 Å². The Morgan fingerprint density at radius 2 is 2.00 bits per heavy atom. The van der Waals surface area contributed by atoms with E-state index in [1.54, 1.807) is 0 Å². The first-order valence-electron chi connectivity index (χ1n) is 3.33. The number of rotatable bonds is 5. The van der Waals surface area contributed by atoms with E-state index in [-0.39, 0.29) is 5.75 Å². The molecule has 62 valence electrons. The van der Waals surface area contributed by atoms with Crippen molar-refractivity contribution in [1.29, 1.82) is 0 Å². The van der Waals surface area contributed by atoms with Crippen LogP contribution in [0.5, 0.6) is 0 Å². The van der Waals surface area contributed by atoms with Gasteiger partial charge in [0.25, 0.3) is 10.1 Å². The molecule has 0 saturated carbocycles. The highest BCUT2D eigenvalue weighted by Crippen LogP contribution is 1.74. The topological polar surface area (TPSA) is 71.0 Å². The molecule has 10 heavy (non-hydrogen) atoms. The van der Waals surface area contributed by atoms with Gasteiger partial charge < -0.3 is 5.32 Å². The van der Waals surface area contributed by atoms with Crippen LogP contribution in [0.25, 0.3) is 0 Å². The van der Waals surface area contributed by atoms with Gasteiger partial charge >= 0.3 is 0 Å². The van der Waals surface area contributed by atoms with Crippen LogP contribution in [0, 0.1) is 0 Å². The molecule has 0 aliphatic rings. The lowest BCUT2D eigenvalue weighted by Crippen LogP contribution is -2.85. The van der Waals surface area contributed by atoms with E-state index in [0.717, 1.165) is 13.0 Å². The predicted octanol–water partition coefficient (Wildman–Crippen LogP) is -1.15. The molecule has 0 aliphatic heterocycles. The standard InChI is InChI=1S/C5H13NO3S/c1-2-3-6-4-5-10(7,8)9/h6H,2-5H2,1H3,(H,7,8,9)/p+1. The summed E-state index contributed by atoms with van der Waals surface area (Å²) in [6.07, 6.45) is 1.02. The summed E-state index contributed by atoms with van der Waals surface area (Å²) in [5, 5.41) is 1.87. The summed E-state index contributed by atoms with van der Waals surface area (Å²) < 4.78 is 28.5. The maximum absolute atomic E-state index is 10.1. The highest BCUT2D eigenvalue weighted by atomic mass is 32.2. The fraction of sp³-hybridized carbons (Fsp3) is 1.00. The van der Waals surface area contributed by atoms with E-state index < -0.39 is 10.1 Å². The zero-order valence-electron chi connectivity index (χ0n) is 6.08. The van der Waals surface area contributed by atoms with Crippen LogP contribution < -0.4 is 5.32 Å². The maximum atomic E-state index is 10.1. The van der Waals surface area contributed by atoms with Crippen molar-refractivity contribution in [2.24, 2.45) is 0 Å². The Labute approximate surface area is 61.4 Å². The number of hydrogen-bond acceptors (Lipinski definition) is 2. The molecule has 0 aromatic heterocycles. The van der Waals surface area contributed by atoms with E-state index in [0.29, 0.717) is 6.54 Å².